The van der Waals surface area contributed by atoms with Crippen LogP contribution in [-0.4, -0.2) is 41.9 Å². The van der Waals surface area contributed by atoms with E-state index in [0.717, 1.165) is 31.2 Å². The fourth-order valence-electron chi connectivity index (χ4n) is 4.09. The van der Waals surface area contributed by atoms with Crippen molar-refractivity contribution in [1.82, 2.24) is 10.2 Å². The summed E-state index contributed by atoms with van der Waals surface area (Å²) in [6, 6.07) is 7.64. The van der Waals surface area contributed by atoms with E-state index in [2.05, 4.69) is 5.32 Å². The maximum absolute atomic E-state index is 12.5. The third kappa shape index (κ3) is 5.31. The van der Waals surface area contributed by atoms with Gasteiger partial charge in [-0.15, -0.1) is 0 Å². The maximum atomic E-state index is 12.5. The molecule has 2 aliphatic rings. The normalized spacial score (nSPS) is 23.9. The first-order valence-corrected chi connectivity index (χ1v) is 10.3. The Balaban J connectivity index is 1.70. The number of nitrogens with zero attached hydrogens (tertiary/aromatic N) is 1. The van der Waals surface area contributed by atoms with E-state index in [1.807, 2.05) is 49.9 Å². The minimum atomic E-state index is -0.559. The van der Waals surface area contributed by atoms with Gasteiger partial charge < -0.3 is 19.7 Å². The molecule has 1 aliphatic carbocycles. The maximum Gasteiger partial charge on any atom is 0.410 e. The Bertz CT molecular complexity index is 711. The average Bonchev–Trinajstić information content (AvgIpc) is 3.04. The number of nitrogens with one attached hydrogen (secondary N) is 1. The van der Waals surface area contributed by atoms with Crippen LogP contribution in [0, 0.1) is 5.92 Å². The SMILES string of the molecule is CC(C)(C)OC(=O)NC(c1cccc(Cl)c1)C1CCC(N2CCOC2=O)CC1. The van der Waals surface area contributed by atoms with Crippen molar-refractivity contribution in [3.05, 3.63) is 34.9 Å². The molecule has 1 saturated heterocycles. The summed E-state index contributed by atoms with van der Waals surface area (Å²) in [4.78, 5) is 26.1. The monoisotopic (exact) mass is 408 g/mol. The first kappa shape index (κ1) is 20.8. The number of carbonyl (C=O) groups excluding carboxylic acids is 2. The highest BCUT2D eigenvalue weighted by atomic mass is 35.5. The second-order valence-corrected chi connectivity index (χ2v) is 8.99. The van der Waals surface area contributed by atoms with Crippen molar-refractivity contribution in [2.45, 2.75) is 64.1 Å². The van der Waals surface area contributed by atoms with Gasteiger partial charge in [0.1, 0.15) is 12.2 Å². The largest absolute Gasteiger partial charge is 0.448 e. The van der Waals surface area contributed by atoms with Crippen molar-refractivity contribution in [3.8, 4) is 0 Å². The molecule has 1 aliphatic heterocycles. The number of alkyl carbamates (subject to hydrolysis) is 1. The van der Waals surface area contributed by atoms with Gasteiger partial charge in [-0.05, 0) is 70.1 Å². The molecular formula is C21H29ClN2O4. The molecule has 28 heavy (non-hydrogen) atoms. The predicted octanol–water partition coefficient (Wildman–Crippen LogP) is 4.92. The molecule has 0 aromatic heterocycles. The van der Waals surface area contributed by atoms with Crippen molar-refractivity contribution >= 4 is 23.8 Å². The van der Waals surface area contributed by atoms with Crippen LogP contribution in [0.3, 0.4) is 0 Å². The molecule has 1 aromatic rings. The zero-order valence-electron chi connectivity index (χ0n) is 16.7. The van der Waals surface area contributed by atoms with E-state index in [0.29, 0.717) is 18.2 Å². The first-order valence-electron chi connectivity index (χ1n) is 9.91. The van der Waals surface area contributed by atoms with Gasteiger partial charge in [0.15, 0.2) is 0 Å². The number of benzene rings is 1. The molecule has 7 heteroatoms. The van der Waals surface area contributed by atoms with Crippen LogP contribution in [0.15, 0.2) is 24.3 Å². The smallest absolute Gasteiger partial charge is 0.410 e. The molecule has 0 bridgehead atoms. The minimum absolute atomic E-state index is 0.181. The third-order valence-electron chi connectivity index (χ3n) is 5.33. The molecule has 1 unspecified atom stereocenters. The second-order valence-electron chi connectivity index (χ2n) is 8.56. The van der Waals surface area contributed by atoms with Crippen LogP contribution >= 0.6 is 11.6 Å². The van der Waals surface area contributed by atoms with Crippen LogP contribution in [-0.2, 0) is 9.47 Å². The molecule has 3 rings (SSSR count). The summed E-state index contributed by atoms with van der Waals surface area (Å²) in [6.07, 6.45) is 2.96. The van der Waals surface area contributed by atoms with E-state index in [1.165, 1.54) is 0 Å². The molecule has 0 radical (unpaired) electrons. The van der Waals surface area contributed by atoms with Crippen molar-refractivity contribution in [1.29, 1.82) is 0 Å². The highest BCUT2D eigenvalue weighted by molar-refractivity contribution is 6.30. The van der Waals surface area contributed by atoms with Gasteiger partial charge in [-0.25, -0.2) is 9.59 Å². The lowest BCUT2D eigenvalue weighted by Gasteiger charge is -2.37. The number of cyclic esters (lactones) is 1. The van der Waals surface area contributed by atoms with Crippen molar-refractivity contribution in [2.24, 2.45) is 5.92 Å². The lowest BCUT2D eigenvalue weighted by atomic mass is 9.79. The molecule has 0 spiro atoms. The molecular weight excluding hydrogens is 380 g/mol. The van der Waals surface area contributed by atoms with Gasteiger partial charge in [0, 0.05) is 11.1 Å². The summed E-state index contributed by atoms with van der Waals surface area (Å²) in [5.74, 6) is 0.251. The standard InChI is InChI=1S/C21H29ClN2O4/c1-21(2,3)28-19(25)23-18(15-5-4-6-16(22)13-15)14-7-9-17(10-8-14)24-11-12-27-20(24)26/h4-6,13-14,17-18H,7-12H2,1-3H3,(H,23,25). The molecule has 2 amide bonds. The molecule has 154 valence electrons. The van der Waals surface area contributed by atoms with Crippen molar-refractivity contribution < 1.29 is 19.1 Å². The summed E-state index contributed by atoms with van der Waals surface area (Å²) < 4.78 is 10.5. The number of halogens is 1. The van der Waals surface area contributed by atoms with E-state index >= 15 is 0 Å². The van der Waals surface area contributed by atoms with Crippen LogP contribution in [0.1, 0.15) is 58.1 Å². The lowest BCUT2D eigenvalue weighted by Crippen LogP contribution is -2.42. The van der Waals surface area contributed by atoms with Gasteiger partial charge in [0.05, 0.1) is 12.6 Å². The Morgan fingerprint density at radius 3 is 2.57 bits per heavy atom. The number of rotatable bonds is 4. The van der Waals surface area contributed by atoms with Crippen LogP contribution in [0.5, 0.6) is 0 Å². The second kappa shape index (κ2) is 8.60. The number of carbonyl (C=O) groups is 2. The zero-order valence-corrected chi connectivity index (χ0v) is 17.5. The van der Waals surface area contributed by atoms with Crippen LogP contribution < -0.4 is 5.32 Å². The third-order valence-corrected chi connectivity index (χ3v) is 5.56. The quantitative estimate of drug-likeness (QED) is 0.767. The Labute approximate surface area is 171 Å². The van der Waals surface area contributed by atoms with Gasteiger partial charge in [-0.2, -0.15) is 0 Å². The molecule has 2 fully saturated rings. The summed E-state index contributed by atoms with van der Waals surface area (Å²) in [5, 5.41) is 3.70. The van der Waals surface area contributed by atoms with Gasteiger partial charge >= 0.3 is 12.2 Å². The lowest BCUT2D eigenvalue weighted by molar-refractivity contribution is 0.0468. The van der Waals surface area contributed by atoms with Crippen molar-refractivity contribution in [2.75, 3.05) is 13.2 Å². The fourth-order valence-corrected chi connectivity index (χ4v) is 4.29. The number of amides is 2. The molecule has 6 nitrogen and oxygen atoms in total. The fraction of sp³-hybridized carbons (Fsp3) is 0.619. The highest BCUT2D eigenvalue weighted by Crippen LogP contribution is 2.37. The Morgan fingerprint density at radius 1 is 1.29 bits per heavy atom. The summed E-state index contributed by atoms with van der Waals surface area (Å²) >= 11 is 6.19. The van der Waals surface area contributed by atoms with E-state index in [9.17, 15) is 9.59 Å². The Hall–Kier alpha value is -1.95. The molecule has 1 N–H and O–H groups in total. The van der Waals surface area contributed by atoms with E-state index in [4.69, 9.17) is 21.1 Å². The van der Waals surface area contributed by atoms with Crippen LogP contribution in [0.2, 0.25) is 5.02 Å². The summed E-state index contributed by atoms with van der Waals surface area (Å²) in [6.45, 7) is 6.69. The summed E-state index contributed by atoms with van der Waals surface area (Å²) in [7, 11) is 0. The predicted molar refractivity (Wildman–Crippen MR) is 107 cm³/mol. The van der Waals surface area contributed by atoms with Crippen LogP contribution in [0.4, 0.5) is 9.59 Å². The summed E-state index contributed by atoms with van der Waals surface area (Å²) in [5.41, 5.74) is 0.416. The average molecular weight is 409 g/mol. The van der Waals surface area contributed by atoms with Gasteiger partial charge in [-0.3, -0.25) is 0 Å². The molecule has 1 heterocycles. The van der Waals surface area contributed by atoms with Gasteiger partial charge in [0.25, 0.3) is 0 Å². The number of hydrogen-bond donors (Lipinski definition) is 1. The number of ether oxygens (including phenoxy) is 2. The van der Waals surface area contributed by atoms with Gasteiger partial charge in [-0.1, -0.05) is 23.7 Å². The van der Waals surface area contributed by atoms with Crippen molar-refractivity contribution in [3.63, 3.8) is 0 Å². The molecule has 1 aromatic carbocycles. The Morgan fingerprint density at radius 2 is 2.00 bits per heavy atom. The Kier molecular flexibility index (Phi) is 6.38. The zero-order chi connectivity index (χ0) is 20.3. The van der Waals surface area contributed by atoms with E-state index < -0.39 is 11.7 Å². The van der Waals surface area contributed by atoms with E-state index in [1.54, 1.807) is 0 Å². The first-order chi connectivity index (χ1) is 13.2. The van der Waals surface area contributed by atoms with Gasteiger partial charge in [0.2, 0.25) is 0 Å². The molecule has 1 atom stereocenters. The highest BCUT2D eigenvalue weighted by Gasteiger charge is 2.36. The minimum Gasteiger partial charge on any atom is -0.448 e. The van der Waals surface area contributed by atoms with Crippen LogP contribution in [0.25, 0.3) is 0 Å². The van der Waals surface area contributed by atoms with E-state index in [-0.39, 0.29) is 24.1 Å². The number of hydrogen-bond acceptors (Lipinski definition) is 4. The topological polar surface area (TPSA) is 67.9 Å². The molecule has 1 saturated carbocycles.